The summed E-state index contributed by atoms with van der Waals surface area (Å²) >= 11 is 0. The van der Waals surface area contributed by atoms with E-state index in [9.17, 15) is 14.4 Å². The molecule has 2 aliphatic rings. The highest BCUT2D eigenvalue weighted by molar-refractivity contribution is 6.04. The van der Waals surface area contributed by atoms with Crippen molar-refractivity contribution in [2.45, 2.75) is 38.7 Å². The topological polar surface area (TPSA) is 112 Å². The normalized spacial score (nSPS) is 15.8. The number of hydrogen-bond donors (Lipinski definition) is 1. The molecule has 2 amide bonds. The van der Waals surface area contributed by atoms with Gasteiger partial charge in [0.2, 0.25) is 0 Å². The summed E-state index contributed by atoms with van der Waals surface area (Å²) in [5.41, 5.74) is 2.23. The molecule has 210 valence electrons. The van der Waals surface area contributed by atoms with Gasteiger partial charge < -0.3 is 24.4 Å². The molecular formula is C30H34N4O6. The van der Waals surface area contributed by atoms with Gasteiger partial charge in [0.15, 0.2) is 5.78 Å². The smallest absolute Gasteiger partial charge is 0.254 e. The number of rotatable bonds is 7. The van der Waals surface area contributed by atoms with Gasteiger partial charge in [-0.25, -0.2) is 0 Å². The number of ketones is 1. The second kappa shape index (κ2) is 11.0. The standard InChI is InChI=1S/C30H34N4O6/c1-5-31-28(36)19-7-8-24-22(13-19)23(35)16-30(40-24)9-11-34(12-10-30)29(37)20-14-25(38-4)27(26(15-20)39-6-2)21-17-32-33(3)18-21/h7-8,13-15,17-18H,5-6,9-12,16H2,1-4H3,(H,31,36). The number of piperidine rings is 1. The monoisotopic (exact) mass is 546 g/mol. The van der Waals surface area contributed by atoms with Crippen LogP contribution in [0.4, 0.5) is 0 Å². The first-order valence-corrected chi connectivity index (χ1v) is 13.5. The van der Waals surface area contributed by atoms with Crippen molar-refractivity contribution in [1.82, 2.24) is 20.0 Å². The lowest BCUT2D eigenvalue weighted by atomic mass is 9.82. The first-order valence-electron chi connectivity index (χ1n) is 13.5. The molecule has 0 aliphatic carbocycles. The van der Waals surface area contributed by atoms with Crippen molar-refractivity contribution in [1.29, 1.82) is 0 Å². The number of fused-ring (bicyclic) bond motifs is 1. The van der Waals surface area contributed by atoms with Crippen molar-refractivity contribution in [3.8, 4) is 28.4 Å². The van der Waals surface area contributed by atoms with Crippen molar-refractivity contribution in [3.05, 3.63) is 59.4 Å². The molecule has 10 nitrogen and oxygen atoms in total. The molecule has 3 aromatic rings. The Labute approximate surface area is 233 Å². The number of aryl methyl sites for hydroxylation is 1. The number of amides is 2. The fraction of sp³-hybridized carbons (Fsp3) is 0.400. The van der Waals surface area contributed by atoms with Crippen molar-refractivity contribution in [3.63, 3.8) is 0 Å². The molecule has 1 aromatic heterocycles. The molecule has 0 atom stereocenters. The molecule has 3 heterocycles. The van der Waals surface area contributed by atoms with Gasteiger partial charge in [-0.15, -0.1) is 0 Å². The van der Waals surface area contributed by atoms with Gasteiger partial charge >= 0.3 is 0 Å². The number of carbonyl (C=O) groups excluding carboxylic acids is 3. The van der Waals surface area contributed by atoms with Gasteiger partial charge in [-0.2, -0.15) is 5.10 Å². The van der Waals surface area contributed by atoms with Crippen LogP contribution in [-0.2, 0) is 7.05 Å². The summed E-state index contributed by atoms with van der Waals surface area (Å²) in [7, 11) is 3.40. The maximum Gasteiger partial charge on any atom is 0.254 e. The van der Waals surface area contributed by atoms with E-state index in [-0.39, 0.29) is 24.0 Å². The van der Waals surface area contributed by atoms with E-state index in [4.69, 9.17) is 14.2 Å². The Morgan fingerprint density at radius 3 is 2.50 bits per heavy atom. The van der Waals surface area contributed by atoms with Gasteiger partial charge in [-0.1, -0.05) is 0 Å². The molecule has 1 N–H and O–H groups in total. The fourth-order valence-corrected chi connectivity index (χ4v) is 5.46. The average molecular weight is 547 g/mol. The Kier molecular flexibility index (Phi) is 7.51. The number of aromatic nitrogens is 2. The van der Waals surface area contributed by atoms with Gasteiger partial charge in [-0.3, -0.25) is 19.1 Å². The molecule has 0 radical (unpaired) electrons. The lowest BCUT2D eigenvalue weighted by Gasteiger charge is -2.44. The van der Waals surface area contributed by atoms with Gasteiger partial charge in [0.25, 0.3) is 11.8 Å². The van der Waals surface area contributed by atoms with Crippen molar-refractivity contribution >= 4 is 17.6 Å². The van der Waals surface area contributed by atoms with Crippen LogP contribution < -0.4 is 19.5 Å². The third kappa shape index (κ3) is 5.13. The maximum atomic E-state index is 13.6. The Hall–Kier alpha value is -4.34. The highest BCUT2D eigenvalue weighted by Crippen LogP contribution is 2.42. The summed E-state index contributed by atoms with van der Waals surface area (Å²) in [6.07, 6.45) is 4.85. The number of methoxy groups -OCH3 is 1. The number of nitrogens with one attached hydrogen (secondary N) is 1. The molecule has 0 unspecified atom stereocenters. The van der Waals surface area contributed by atoms with Crippen molar-refractivity contribution < 1.29 is 28.6 Å². The molecule has 1 spiro atoms. The largest absolute Gasteiger partial charge is 0.496 e. The van der Waals surface area contributed by atoms with Gasteiger partial charge in [0.05, 0.1) is 37.5 Å². The van der Waals surface area contributed by atoms with Crippen LogP contribution in [-0.4, -0.2) is 71.2 Å². The molecule has 1 fully saturated rings. The van der Waals surface area contributed by atoms with Crippen molar-refractivity contribution in [2.24, 2.45) is 7.05 Å². The molecule has 0 bridgehead atoms. The highest BCUT2D eigenvalue weighted by Gasteiger charge is 2.44. The minimum Gasteiger partial charge on any atom is -0.496 e. The first kappa shape index (κ1) is 27.2. The SMILES string of the molecule is CCNC(=O)c1ccc2c(c1)C(=O)CC1(CCN(C(=O)c3cc(OC)c(-c4cnn(C)c4)c(OCC)c3)CC1)O2. The molecule has 2 aliphatic heterocycles. The van der Waals surface area contributed by atoms with E-state index in [1.807, 2.05) is 27.1 Å². The van der Waals surface area contributed by atoms with Crippen molar-refractivity contribution in [2.75, 3.05) is 33.4 Å². The summed E-state index contributed by atoms with van der Waals surface area (Å²) in [5.74, 6) is 1.16. The minimum absolute atomic E-state index is 0.0516. The lowest BCUT2D eigenvalue weighted by Crippen LogP contribution is -2.52. The molecule has 40 heavy (non-hydrogen) atoms. The second-order valence-electron chi connectivity index (χ2n) is 10.1. The van der Waals surface area contributed by atoms with E-state index < -0.39 is 5.60 Å². The van der Waals surface area contributed by atoms with Gasteiger partial charge in [-0.05, 0) is 44.2 Å². The number of nitrogens with zero attached hydrogens (tertiary/aromatic N) is 3. The van der Waals surface area contributed by atoms with E-state index in [0.717, 1.165) is 11.1 Å². The van der Waals surface area contributed by atoms with E-state index in [1.54, 1.807) is 53.2 Å². The number of hydrogen-bond acceptors (Lipinski definition) is 7. The average Bonchev–Trinajstić information content (AvgIpc) is 3.38. The third-order valence-corrected chi connectivity index (χ3v) is 7.48. The van der Waals surface area contributed by atoms with Gasteiger partial charge in [0.1, 0.15) is 22.8 Å². The summed E-state index contributed by atoms with van der Waals surface area (Å²) < 4.78 is 19.7. The molecule has 10 heteroatoms. The van der Waals surface area contributed by atoms with E-state index >= 15 is 0 Å². The fourth-order valence-electron chi connectivity index (χ4n) is 5.46. The lowest BCUT2D eigenvalue weighted by molar-refractivity contribution is -0.00573. The number of ether oxygens (including phenoxy) is 3. The molecule has 2 aromatic carbocycles. The predicted octanol–water partition coefficient (Wildman–Crippen LogP) is 3.88. The zero-order valence-electron chi connectivity index (χ0n) is 23.3. The number of carbonyl (C=O) groups is 3. The summed E-state index contributed by atoms with van der Waals surface area (Å²) in [4.78, 5) is 40.7. The van der Waals surface area contributed by atoms with E-state index in [2.05, 4.69) is 10.4 Å². The zero-order valence-corrected chi connectivity index (χ0v) is 23.3. The zero-order chi connectivity index (χ0) is 28.4. The third-order valence-electron chi connectivity index (χ3n) is 7.48. The van der Waals surface area contributed by atoms with Crippen LogP contribution in [0.15, 0.2) is 42.7 Å². The van der Waals surface area contributed by atoms with Crippen LogP contribution in [0.2, 0.25) is 0 Å². The van der Waals surface area contributed by atoms with Crippen LogP contribution in [0.5, 0.6) is 17.2 Å². The Balaban J connectivity index is 1.33. The van der Waals surface area contributed by atoms with Crippen LogP contribution in [0.3, 0.4) is 0 Å². The summed E-state index contributed by atoms with van der Waals surface area (Å²) in [5, 5.41) is 7.01. The Morgan fingerprint density at radius 2 is 1.85 bits per heavy atom. The van der Waals surface area contributed by atoms with Crippen LogP contribution in [0, 0.1) is 0 Å². The molecule has 1 saturated heterocycles. The van der Waals surface area contributed by atoms with E-state index in [0.29, 0.717) is 73.0 Å². The summed E-state index contributed by atoms with van der Waals surface area (Å²) in [6, 6.07) is 8.46. The van der Waals surface area contributed by atoms with E-state index in [1.165, 1.54) is 0 Å². The maximum absolute atomic E-state index is 13.6. The minimum atomic E-state index is -0.674. The number of Topliss-reactive ketones (excluding diaryl/α,β-unsaturated/α-hetero) is 1. The molecule has 5 rings (SSSR count). The Bertz CT molecular complexity index is 1450. The molecular weight excluding hydrogens is 512 g/mol. The second-order valence-corrected chi connectivity index (χ2v) is 10.1. The van der Waals surface area contributed by atoms with Crippen LogP contribution in [0.25, 0.3) is 11.1 Å². The summed E-state index contributed by atoms with van der Waals surface area (Å²) in [6.45, 7) is 5.55. The quantitative estimate of drug-likeness (QED) is 0.479. The first-order chi connectivity index (χ1) is 19.3. The highest BCUT2D eigenvalue weighted by atomic mass is 16.5. The number of benzene rings is 2. The Morgan fingerprint density at radius 1 is 1.10 bits per heavy atom. The van der Waals surface area contributed by atoms with Gasteiger partial charge in [0, 0.05) is 62.4 Å². The number of likely N-dealkylation sites (tertiary alicyclic amines) is 1. The van der Waals surface area contributed by atoms with Crippen LogP contribution in [0.1, 0.15) is 64.2 Å². The molecule has 0 saturated carbocycles. The van der Waals surface area contributed by atoms with Crippen LogP contribution >= 0.6 is 0 Å². The predicted molar refractivity (Wildman–Crippen MR) is 148 cm³/mol.